The van der Waals surface area contributed by atoms with Gasteiger partial charge in [0.25, 0.3) is 5.56 Å². The largest absolute Gasteiger partial charge is 0.462 e. The third-order valence-corrected chi connectivity index (χ3v) is 6.28. The number of aryl methyl sites for hydroxylation is 1. The SMILES string of the molecule is CCOC(=O)c1c(-c2ccc(C)cc2)csc1NC(=O)CN(C)Cc1nc2ccccc2c(=O)[nH]1. The molecule has 35 heavy (non-hydrogen) atoms. The van der Waals surface area contributed by atoms with Gasteiger partial charge in [0.05, 0.1) is 30.6 Å². The number of H-pyrrole nitrogens is 1. The minimum absolute atomic E-state index is 0.0383. The molecule has 2 aromatic heterocycles. The zero-order valence-electron chi connectivity index (χ0n) is 19.8. The number of fused-ring (bicyclic) bond motifs is 1. The number of carbonyl (C=O) groups is 2. The van der Waals surface area contributed by atoms with Crippen molar-refractivity contribution in [3.05, 3.63) is 81.2 Å². The van der Waals surface area contributed by atoms with Crippen molar-refractivity contribution in [2.24, 2.45) is 0 Å². The Kier molecular flexibility index (Phi) is 7.38. The minimum atomic E-state index is -0.481. The molecule has 0 aliphatic rings. The van der Waals surface area contributed by atoms with E-state index in [-0.39, 0.29) is 31.2 Å². The van der Waals surface area contributed by atoms with Gasteiger partial charge in [-0.15, -0.1) is 11.3 Å². The molecule has 9 heteroatoms. The van der Waals surface area contributed by atoms with E-state index in [0.29, 0.717) is 27.3 Å². The highest BCUT2D eigenvalue weighted by molar-refractivity contribution is 7.15. The van der Waals surface area contributed by atoms with Crippen molar-refractivity contribution in [3.63, 3.8) is 0 Å². The average molecular weight is 491 g/mol. The molecule has 0 spiro atoms. The van der Waals surface area contributed by atoms with Gasteiger partial charge in [0.1, 0.15) is 16.4 Å². The fourth-order valence-electron chi connectivity index (χ4n) is 3.73. The van der Waals surface area contributed by atoms with E-state index in [1.807, 2.05) is 42.6 Å². The summed E-state index contributed by atoms with van der Waals surface area (Å²) in [5.74, 6) is -0.307. The second-order valence-electron chi connectivity index (χ2n) is 8.19. The molecular weight excluding hydrogens is 464 g/mol. The third kappa shape index (κ3) is 5.64. The summed E-state index contributed by atoms with van der Waals surface area (Å²) < 4.78 is 5.26. The lowest BCUT2D eigenvalue weighted by Gasteiger charge is -2.16. The van der Waals surface area contributed by atoms with E-state index in [2.05, 4.69) is 15.3 Å². The summed E-state index contributed by atoms with van der Waals surface area (Å²) in [6, 6.07) is 14.9. The van der Waals surface area contributed by atoms with Crippen LogP contribution in [0.25, 0.3) is 22.0 Å². The number of rotatable bonds is 8. The zero-order chi connectivity index (χ0) is 24.9. The molecule has 2 heterocycles. The quantitative estimate of drug-likeness (QED) is 0.359. The van der Waals surface area contributed by atoms with Crippen LogP contribution in [-0.2, 0) is 16.1 Å². The first-order chi connectivity index (χ1) is 16.9. The summed E-state index contributed by atoms with van der Waals surface area (Å²) in [6.45, 7) is 4.28. The molecule has 2 aromatic carbocycles. The predicted octanol–water partition coefficient (Wildman–Crippen LogP) is 4.21. The molecule has 0 bridgehead atoms. The van der Waals surface area contributed by atoms with E-state index in [9.17, 15) is 14.4 Å². The van der Waals surface area contributed by atoms with Crippen LogP contribution < -0.4 is 10.9 Å². The Labute approximate surface area is 206 Å². The van der Waals surface area contributed by atoms with Crippen LogP contribution in [0, 0.1) is 6.92 Å². The summed E-state index contributed by atoms with van der Waals surface area (Å²) in [7, 11) is 1.76. The molecule has 4 aromatic rings. The van der Waals surface area contributed by atoms with E-state index in [4.69, 9.17) is 4.74 Å². The number of thiophene rings is 1. The van der Waals surface area contributed by atoms with Gasteiger partial charge in [0.15, 0.2) is 0 Å². The number of nitrogens with zero attached hydrogens (tertiary/aromatic N) is 2. The van der Waals surface area contributed by atoms with Crippen molar-refractivity contribution in [1.82, 2.24) is 14.9 Å². The lowest BCUT2D eigenvalue weighted by molar-refractivity contribution is -0.117. The second-order valence-corrected chi connectivity index (χ2v) is 9.07. The van der Waals surface area contributed by atoms with E-state index >= 15 is 0 Å². The first-order valence-electron chi connectivity index (χ1n) is 11.2. The first kappa shape index (κ1) is 24.3. The van der Waals surface area contributed by atoms with Gasteiger partial charge in [-0.3, -0.25) is 14.5 Å². The molecule has 0 saturated carbocycles. The third-order valence-electron chi connectivity index (χ3n) is 5.38. The highest BCUT2D eigenvalue weighted by Crippen LogP contribution is 2.36. The van der Waals surface area contributed by atoms with Crippen molar-refractivity contribution in [3.8, 4) is 11.1 Å². The number of hydrogen-bond acceptors (Lipinski definition) is 7. The van der Waals surface area contributed by atoms with Crippen molar-refractivity contribution in [1.29, 1.82) is 0 Å². The summed E-state index contributed by atoms with van der Waals surface area (Å²) >= 11 is 1.28. The molecule has 0 saturated heterocycles. The van der Waals surface area contributed by atoms with Crippen molar-refractivity contribution in [2.75, 3.05) is 25.5 Å². The van der Waals surface area contributed by atoms with Crippen LogP contribution in [0.2, 0.25) is 0 Å². The number of benzene rings is 2. The smallest absolute Gasteiger partial charge is 0.341 e. The lowest BCUT2D eigenvalue weighted by atomic mass is 10.0. The van der Waals surface area contributed by atoms with Gasteiger partial charge < -0.3 is 15.0 Å². The molecule has 8 nitrogen and oxygen atoms in total. The Balaban J connectivity index is 1.50. The number of nitrogens with one attached hydrogen (secondary N) is 2. The first-order valence-corrected chi connectivity index (χ1v) is 12.1. The number of esters is 1. The molecule has 0 aliphatic carbocycles. The van der Waals surface area contributed by atoms with Crippen molar-refractivity contribution < 1.29 is 14.3 Å². The van der Waals surface area contributed by atoms with Crippen LogP contribution in [0.4, 0.5) is 5.00 Å². The molecule has 4 rings (SSSR count). The summed E-state index contributed by atoms with van der Waals surface area (Å²) in [5.41, 5.74) is 3.43. The normalized spacial score (nSPS) is 11.1. The Morgan fingerprint density at radius 1 is 1.14 bits per heavy atom. The van der Waals surface area contributed by atoms with E-state index < -0.39 is 5.97 Å². The van der Waals surface area contributed by atoms with Gasteiger partial charge in [0.2, 0.25) is 5.91 Å². The van der Waals surface area contributed by atoms with Gasteiger partial charge in [-0.05, 0) is 38.6 Å². The van der Waals surface area contributed by atoms with E-state index in [1.54, 1.807) is 37.1 Å². The van der Waals surface area contributed by atoms with Gasteiger partial charge in [-0.25, -0.2) is 9.78 Å². The van der Waals surface area contributed by atoms with Crippen LogP contribution in [-0.4, -0.2) is 46.9 Å². The van der Waals surface area contributed by atoms with Crippen LogP contribution in [0.5, 0.6) is 0 Å². The van der Waals surface area contributed by atoms with E-state index in [0.717, 1.165) is 16.7 Å². The standard InChI is InChI=1S/C26H26N4O4S/c1-4-34-26(33)23-19(17-11-9-16(2)10-12-17)15-35-25(23)29-22(31)14-30(3)13-21-27-20-8-6-5-7-18(20)24(32)28-21/h5-12,15H,4,13-14H2,1-3H3,(H,29,31)(H,27,28,32). The average Bonchev–Trinajstić information content (AvgIpc) is 3.23. The number of ether oxygens (including phenoxy) is 1. The van der Waals surface area contributed by atoms with Gasteiger partial charge in [0, 0.05) is 10.9 Å². The number of carbonyl (C=O) groups excluding carboxylic acids is 2. The van der Waals surface area contributed by atoms with Crippen molar-refractivity contribution >= 4 is 39.1 Å². The van der Waals surface area contributed by atoms with Gasteiger partial charge >= 0.3 is 5.97 Å². The highest BCUT2D eigenvalue weighted by atomic mass is 32.1. The molecule has 1 amide bonds. The predicted molar refractivity (Wildman–Crippen MR) is 138 cm³/mol. The zero-order valence-corrected chi connectivity index (χ0v) is 20.6. The molecule has 180 valence electrons. The highest BCUT2D eigenvalue weighted by Gasteiger charge is 2.23. The van der Waals surface area contributed by atoms with E-state index in [1.165, 1.54) is 11.3 Å². The Bertz CT molecular complexity index is 1430. The number of amides is 1. The number of para-hydroxylation sites is 1. The van der Waals surface area contributed by atoms with Crippen LogP contribution in [0.1, 0.15) is 28.7 Å². The fraction of sp³-hybridized carbons (Fsp3) is 0.231. The lowest BCUT2D eigenvalue weighted by Crippen LogP contribution is -2.31. The molecule has 0 aliphatic heterocycles. The number of aromatic amines is 1. The molecular formula is C26H26N4O4S. The maximum absolute atomic E-state index is 12.8. The Morgan fingerprint density at radius 2 is 1.89 bits per heavy atom. The maximum Gasteiger partial charge on any atom is 0.341 e. The Morgan fingerprint density at radius 3 is 2.63 bits per heavy atom. The second kappa shape index (κ2) is 10.6. The summed E-state index contributed by atoms with van der Waals surface area (Å²) in [5, 5.41) is 5.66. The number of anilines is 1. The van der Waals surface area contributed by atoms with Crippen LogP contribution in [0.3, 0.4) is 0 Å². The molecule has 0 unspecified atom stereocenters. The molecule has 2 N–H and O–H groups in total. The number of likely N-dealkylation sites (N-methyl/N-ethyl adjacent to an activating group) is 1. The van der Waals surface area contributed by atoms with Gasteiger partial charge in [-0.1, -0.05) is 42.0 Å². The summed E-state index contributed by atoms with van der Waals surface area (Å²) in [6.07, 6.45) is 0. The summed E-state index contributed by atoms with van der Waals surface area (Å²) in [4.78, 5) is 46.9. The maximum atomic E-state index is 12.8. The fourth-order valence-corrected chi connectivity index (χ4v) is 4.71. The van der Waals surface area contributed by atoms with Crippen molar-refractivity contribution in [2.45, 2.75) is 20.4 Å². The van der Waals surface area contributed by atoms with Crippen LogP contribution in [0.15, 0.2) is 58.7 Å². The van der Waals surface area contributed by atoms with Crippen LogP contribution >= 0.6 is 11.3 Å². The number of hydrogen-bond donors (Lipinski definition) is 2. The van der Waals surface area contributed by atoms with Gasteiger partial charge in [-0.2, -0.15) is 0 Å². The Hall–Kier alpha value is -3.82. The number of aromatic nitrogens is 2. The molecule has 0 fully saturated rings. The molecule has 0 radical (unpaired) electrons. The minimum Gasteiger partial charge on any atom is -0.462 e. The monoisotopic (exact) mass is 490 g/mol. The topological polar surface area (TPSA) is 104 Å². The molecule has 0 atom stereocenters.